The van der Waals surface area contributed by atoms with E-state index < -0.39 is 0 Å². The van der Waals surface area contributed by atoms with Gasteiger partial charge in [0.15, 0.2) is 5.96 Å². The van der Waals surface area contributed by atoms with E-state index in [0.717, 1.165) is 43.5 Å². The molecule has 2 N–H and O–H groups in total. The predicted octanol–water partition coefficient (Wildman–Crippen LogP) is 0.810. The minimum atomic E-state index is -0.338. The summed E-state index contributed by atoms with van der Waals surface area (Å²) >= 11 is 1.96. The summed E-state index contributed by atoms with van der Waals surface area (Å²) in [6.45, 7) is 5.71. The quantitative estimate of drug-likeness (QED) is 0.489. The van der Waals surface area contributed by atoms with Crippen LogP contribution in [0.25, 0.3) is 0 Å². The van der Waals surface area contributed by atoms with Gasteiger partial charge in [0.2, 0.25) is 0 Å². The summed E-state index contributed by atoms with van der Waals surface area (Å²) in [5.41, 5.74) is 6.58. The maximum atomic E-state index is 11.6. The van der Waals surface area contributed by atoms with E-state index in [1.807, 2.05) is 17.8 Å². The second-order valence-corrected chi connectivity index (χ2v) is 7.00. The third kappa shape index (κ3) is 3.92. The van der Waals surface area contributed by atoms with Crippen molar-refractivity contribution < 1.29 is 9.53 Å². The molecule has 0 bridgehead atoms. The van der Waals surface area contributed by atoms with E-state index in [2.05, 4.69) is 19.8 Å². The lowest BCUT2D eigenvalue weighted by Crippen LogP contribution is -2.52. The van der Waals surface area contributed by atoms with Crippen LogP contribution in [0.2, 0.25) is 0 Å². The van der Waals surface area contributed by atoms with Crippen molar-refractivity contribution in [1.29, 1.82) is 0 Å². The molecule has 3 heterocycles. The van der Waals surface area contributed by atoms with Gasteiger partial charge in [0.05, 0.1) is 18.2 Å². The first-order valence-corrected chi connectivity index (χ1v) is 9.37. The normalized spacial score (nSPS) is 19.1. The Labute approximate surface area is 146 Å². The van der Waals surface area contributed by atoms with Gasteiger partial charge in [-0.05, 0) is 19.1 Å². The molecule has 2 aliphatic heterocycles. The van der Waals surface area contributed by atoms with E-state index in [9.17, 15) is 4.79 Å². The largest absolute Gasteiger partial charge is 0.462 e. The number of carbonyl (C=O) groups is 1. The van der Waals surface area contributed by atoms with Gasteiger partial charge in [0.1, 0.15) is 5.82 Å². The molecule has 0 saturated carbocycles. The highest BCUT2D eigenvalue weighted by atomic mass is 32.2. The number of ether oxygens (including phenoxy) is 1. The number of thioether (sulfide) groups is 1. The Morgan fingerprint density at radius 2 is 2.17 bits per heavy atom. The number of esters is 1. The van der Waals surface area contributed by atoms with Crippen molar-refractivity contribution in [1.82, 2.24) is 9.88 Å². The fraction of sp³-hybridized carbons (Fsp3) is 0.562. The molecule has 1 aromatic rings. The zero-order valence-corrected chi connectivity index (χ0v) is 14.7. The topological polar surface area (TPSA) is 84.0 Å². The lowest BCUT2D eigenvalue weighted by atomic mass is 10.1. The third-order valence-corrected chi connectivity index (χ3v) is 5.04. The average molecular weight is 349 g/mol. The summed E-state index contributed by atoms with van der Waals surface area (Å²) in [6.07, 6.45) is 1.56. The minimum absolute atomic E-state index is 0.214. The van der Waals surface area contributed by atoms with E-state index in [0.29, 0.717) is 18.1 Å². The van der Waals surface area contributed by atoms with Crippen molar-refractivity contribution in [3.8, 4) is 0 Å². The molecule has 0 atom stereocenters. The highest BCUT2D eigenvalue weighted by Gasteiger charge is 2.28. The smallest absolute Gasteiger partial charge is 0.339 e. The second-order valence-electron chi connectivity index (χ2n) is 5.77. The molecule has 0 aromatic carbocycles. The molecular formula is C16H23N5O2S. The van der Waals surface area contributed by atoms with Crippen molar-refractivity contribution in [2.45, 2.75) is 13.0 Å². The van der Waals surface area contributed by atoms with Gasteiger partial charge in [-0.3, -0.25) is 0 Å². The van der Waals surface area contributed by atoms with Gasteiger partial charge in [0.25, 0.3) is 0 Å². The maximum Gasteiger partial charge on any atom is 0.339 e. The van der Waals surface area contributed by atoms with Crippen LogP contribution in [-0.4, -0.2) is 72.1 Å². The van der Waals surface area contributed by atoms with Crippen LogP contribution in [0.5, 0.6) is 0 Å². The maximum absolute atomic E-state index is 11.6. The molecule has 0 aliphatic carbocycles. The minimum Gasteiger partial charge on any atom is -0.462 e. The number of carbonyl (C=O) groups excluding carboxylic acids is 1. The molecule has 7 nitrogen and oxygen atoms in total. The molecule has 0 amide bonds. The van der Waals surface area contributed by atoms with Crippen LogP contribution in [0.3, 0.4) is 0 Å². The lowest BCUT2D eigenvalue weighted by Gasteiger charge is -2.38. The van der Waals surface area contributed by atoms with Crippen LogP contribution in [0.15, 0.2) is 23.3 Å². The summed E-state index contributed by atoms with van der Waals surface area (Å²) in [6, 6.07) is 3.81. The first-order chi connectivity index (χ1) is 11.7. The molecule has 3 rings (SSSR count). The number of hydrogen-bond acceptors (Lipinski definition) is 6. The predicted molar refractivity (Wildman–Crippen MR) is 96.7 cm³/mol. The first kappa shape index (κ1) is 16.9. The van der Waals surface area contributed by atoms with E-state index in [-0.39, 0.29) is 12.0 Å². The Morgan fingerprint density at radius 3 is 2.79 bits per heavy atom. The summed E-state index contributed by atoms with van der Waals surface area (Å²) in [5, 5.41) is 0. The molecule has 24 heavy (non-hydrogen) atoms. The standard InChI is InChI=1S/C16H23N5O2S/c1-2-23-15(22)12-3-4-14(18-9-12)21-10-13(11-21)19-16(17)20-5-7-24-8-6-20/h3-4,9,13H,2,5-8,10-11H2,1H3,(H2,17,19). The highest BCUT2D eigenvalue weighted by molar-refractivity contribution is 7.99. The lowest BCUT2D eigenvalue weighted by molar-refractivity contribution is 0.0526. The number of aliphatic imine (C=N–C) groups is 1. The van der Waals surface area contributed by atoms with Gasteiger partial charge < -0.3 is 20.3 Å². The second kappa shape index (κ2) is 7.74. The van der Waals surface area contributed by atoms with Crippen LogP contribution < -0.4 is 10.6 Å². The summed E-state index contributed by atoms with van der Waals surface area (Å²) < 4.78 is 4.96. The number of rotatable bonds is 4. The first-order valence-electron chi connectivity index (χ1n) is 8.21. The Balaban J connectivity index is 1.51. The van der Waals surface area contributed by atoms with Crippen LogP contribution in [0.1, 0.15) is 17.3 Å². The number of guanidine groups is 1. The Morgan fingerprint density at radius 1 is 1.42 bits per heavy atom. The molecule has 1 aromatic heterocycles. The highest BCUT2D eigenvalue weighted by Crippen LogP contribution is 2.21. The van der Waals surface area contributed by atoms with E-state index >= 15 is 0 Å². The van der Waals surface area contributed by atoms with Gasteiger partial charge in [-0.1, -0.05) is 0 Å². The molecule has 2 fully saturated rings. The Bertz CT molecular complexity index is 595. The zero-order valence-electron chi connectivity index (χ0n) is 13.9. The number of nitrogens with two attached hydrogens (primary N) is 1. The van der Waals surface area contributed by atoms with E-state index in [1.165, 1.54) is 0 Å². The van der Waals surface area contributed by atoms with Crippen LogP contribution >= 0.6 is 11.8 Å². The number of aromatic nitrogens is 1. The molecule has 0 unspecified atom stereocenters. The van der Waals surface area contributed by atoms with Gasteiger partial charge in [-0.25, -0.2) is 14.8 Å². The summed E-state index contributed by atoms with van der Waals surface area (Å²) in [5.74, 6) is 3.40. The molecule has 2 saturated heterocycles. The molecular weight excluding hydrogens is 326 g/mol. The molecule has 0 radical (unpaired) electrons. The van der Waals surface area contributed by atoms with Crippen molar-refractivity contribution in [3.63, 3.8) is 0 Å². The zero-order chi connectivity index (χ0) is 16.9. The van der Waals surface area contributed by atoms with E-state index in [4.69, 9.17) is 10.5 Å². The van der Waals surface area contributed by atoms with Gasteiger partial charge in [-0.2, -0.15) is 11.8 Å². The fourth-order valence-electron chi connectivity index (χ4n) is 2.69. The number of hydrogen-bond donors (Lipinski definition) is 1. The van der Waals surface area contributed by atoms with Crippen LogP contribution in [-0.2, 0) is 4.74 Å². The van der Waals surface area contributed by atoms with Gasteiger partial charge in [-0.15, -0.1) is 0 Å². The van der Waals surface area contributed by atoms with E-state index in [1.54, 1.807) is 19.2 Å². The number of nitrogens with zero attached hydrogens (tertiary/aromatic N) is 4. The van der Waals surface area contributed by atoms with Crippen molar-refractivity contribution in [2.75, 3.05) is 49.2 Å². The molecule has 2 aliphatic rings. The SMILES string of the molecule is CCOC(=O)c1ccc(N2CC(N=C(N)N3CCSCC3)C2)nc1. The van der Waals surface area contributed by atoms with Crippen LogP contribution in [0.4, 0.5) is 5.82 Å². The third-order valence-electron chi connectivity index (χ3n) is 4.10. The monoisotopic (exact) mass is 349 g/mol. The molecule has 0 spiro atoms. The number of anilines is 1. The molecule has 8 heteroatoms. The number of pyridine rings is 1. The Kier molecular flexibility index (Phi) is 5.44. The van der Waals surface area contributed by atoms with Crippen molar-refractivity contribution in [2.24, 2.45) is 10.7 Å². The molecule has 130 valence electrons. The summed E-state index contributed by atoms with van der Waals surface area (Å²) in [7, 11) is 0. The van der Waals surface area contributed by atoms with Gasteiger partial charge in [0, 0.05) is 43.9 Å². The fourth-order valence-corrected chi connectivity index (χ4v) is 3.60. The summed E-state index contributed by atoms with van der Waals surface area (Å²) in [4.78, 5) is 24.9. The van der Waals surface area contributed by atoms with Gasteiger partial charge >= 0.3 is 5.97 Å². The Hall–Kier alpha value is -1.96. The van der Waals surface area contributed by atoms with Crippen LogP contribution in [0, 0.1) is 0 Å². The average Bonchev–Trinajstić information content (AvgIpc) is 2.59. The van der Waals surface area contributed by atoms with Crippen molar-refractivity contribution in [3.05, 3.63) is 23.9 Å². The van der Waals surface area contributed by atoms with Crippen molar-refractivity contribution >= 4 is 29.5 Å².